The molecule has 1 fully saturated rings. The van der Waals surface area contributed by atoms with E-state index in [4.69, 9.17) is 10.3 Å². The van der Waals surface area contributed by atoms with E-state index in [-0.39, 0.29) is 13.0 Å². The van der Waals surface area contributed by atoms with Crippen molar-refractivity contribution < 1.29 is 24.2 Å². The van der Waals surface area contributed by atoms with Crippen LogP contribution in [0.2, 0.25) is 0 Å². The van der Waals surface area contributed by atoms with E-state index in [2.05, 4.69) is 31.1 Å². The van der Waals surface area contributed by atoms with Gasteiger partial charge in [-0.05, 0) is 67.8 Å². The molecule has 2 amide bonds. The predicted octanol–water partition coefficient (Wildman–Crippen LogP) is 2.87. The van der Waals surface area contributed by atoms with E-state index >= 15 is 0 Å². The molecular formula is C29H38N8O5. The number of esters is 1. The molecule has 1 saturated heterocycles. The lowest BCUT2D eigenvalue weighted by Crippen LogP contribution is -2.61. The molecule has 3 heterocycles. The Morgan fingerprint density at radius 3 is 2.76 bits per heavy atom. The van der Waals surface area contributed by atoms with Gasteiger partial charge in [-0.15, -0.1) is 0 Å². The topological polar surface area (TPSA) is 182 Å². The normalized spacial score (nSPS) is 28.0. The number of nitrogens with one attached hydrogen (secondary N) is 3. The Hall–Kier alpha value is -4.03. The summed E-state index contributed by atoms with van der Waals surface area (Å²) < 4.78 is 5.79. The van der Waals surface area contributed by atoms with E-state index in [1.54, 1.807) is 46.0 Å². The van der Waals surface area contributed by atoms with Gasteiger partial charge < -0.3 is 15.2 Å². The van der Waals surface area contributed by atoms with Crippen molar-refractivity contribution in [2.45, 2.75) is 77.4 Å². The van der Waals surface area contributed by atoms with E-state index in [1.165, 1.54) is 5.01 Å². The third-order valence-corrected chi connectivity index (χ3v) is 7.64. The molecule has 13 heteroatoms. The first-order valence-electron chi connectivity index (χ1n) is 14.1. The summed E-state index contributed by atoms with van der Waals surface area (Å²) in [5.74, 6) is -1.43. The third kappa shape index (κ3) is 7.42. The number of hydrogen-bond acceptors (Lipinski definition) is 9. The number of amides is 2. The van der Waals surface area contributed by atoms with Crippen molar-refractivity contribution in [1.82, 2.24) is 26.1 Å². The van der Waals surface area contributed by atoms with Crippen LogP contribution in [0, 0.1) is 5.41 Å². The number of carbonyl (C=O) groups excluding carboxylic acids is 3. The molecule has 0 spiro atoms. The summed E-state index contributed by atoms with van der Waals surface area (Å²) in [6.07, 6.45) is 4.80. The first kappa shape index (κ1) is 30.9. The lowest BCUT2D eigenvalue weighted by atomic mass is 9.89. The summed E-state index contributed by atoms with van der Waals surface area (Å²) in [6, 6.07) is 5.05. The lowest BCUT2D eigenvalue weighted by molar-refractivity contribution is -0.157. The number of hydrazine groups is 1. The second-order valence-electron chi connectivity index (χ2n) is 11.4. The highest BCUT2D eigenvalue weighted by molar-refractivity contribution is 5.90. The number of aliphatic hydroxyl groups excluding tert-OH is 1. The highest BCUT2D eigenvalue weighted by Crippen LogP contribution is 2.26. The van der Waals surface area contributed by atoms with Crippen molar-refractivity contribution in [2.24, 2.45) is 10.5 Å². The standard InChI is InChI=1S/C29H38N8O5/c1-17-26(39)37-13-5-6-24(35-37)27(40)42-18(2)19-7-8-20-16-31-22(15-21(20)14-19)9-11-29(3,4)28(41)34-23(25(38)33-17)10-12-32-36-30/h7-9,11,14-18,23-24,28,34-35,41H,5-6,10,12-13H2,1-4H3,(H,33,38)/b11-9+/t17-,18+,23-,24-,28?/m0/s1. The van der Waals surface area contributed by atoms with Crippen molar-refractivity contribution in [3.63, 3.8) is 0 Å². The number of aliphatic hydroxyl groups is 1. The van der Waals surface area contributed by atoms with Gasteiger partial charge in [0.15, 0.2) is 0 Å². The van der Waals surface area contributed by atoms with E-state index in [0.717, 1.165) is 16.3 Å². The van der Waals surface area contributed by atoms with E-state index < -0.39 is 53.7 Å². The Balaban J connectivity index is 1.69. The van der Waals surface area contributed by atoms with Crippen LogP contribution in [0.3, 0.4) is 0 Å². The van der Waals surface area contributed by atoms with Gasteiger partial charge in [0.2, 0.25) is 5.91 Å². The van der Waals surface area contributed by atoms with Gasteiger partial charge in [-0.3, -0.25) is 29.7 Å². The number of pyridine rings is 1. The van der Waals surface area contributed by atoms with Crippen LogP contribution in [-0.4, -0.2) is 70.3 Å². The number of ether oxygens (including phenoxy) is 1. The van der Waals surface area contributed by atoms with Gasteiger partial charge in [-0.25, -0.2) is 5.43 Å². The second kappa shape index (κ2) is 13.3. The molecule has 1 aromatic heterocycles. The fourth-order valence-electron chi connectivity index (χ4n) is 4.89. The van der Waals surface area contributed by atoms with Gasteiger partial charge in [-0.1, -0.05) is 37.2 Å². The minimum atomic E-state index is -1.17. The number of azide groups is 1. The molecule has 2 aliphatic rings. The fourth-order valence-corrected chi connectivity index (χ4v) is 4.89. The average Bonchev–Trinajstić information content (AvgIpc) is 2.98. The molecule has 1 unspecified atom stereocenters. The van der Waals surface area contributed by atoms with Crippen molar-refractivity contribution >= 4 is 34.6 Å². The quantitative estimate of drug-likeness (QED) is 0.186. The van der Waals surface area contributed by atoms with Crippen molar-refractivity contribution in [1.29, 1.82) is 0 Å². The van der Waals surface area contributed by atoms with E-state index in [9.17, 15) is 19.5 Å². The van der Waals surface area contributed by atoms with Crippen molar-refractivity contribution in [3.05, 3.63) is 58.2 Å². The van der Waals surface area contributed by atoms with Gasteiger partial charge in [0.1, 0.15) is 24.4 Å². The number of aromatic nitrogens is 1. The largest absolute Gasteiger partial charge is 0.457 e. The number of fused-ring (bicyclic) bond motifs is 4. The Labute approximate surface area is 244 Å². The summed E-state index contributed by atoms with van der Waals surface area (Å²) in [4.78, 5) is 46.8. The second-order valence-corrected chi connectivity index (χ2v) is 11.4. The Kier molecular flexibility index (Phi) is 9.79. The Morgan fingerprint density at radius 2 is 2.00 bits per heavy atom. The molecule has 5 atom stereocenters. The molecule has 13 nitrogen and oxygen atoms in total. The van der Waals surface area contributed by atoms with Gasteiger partial charge in [0.05, 0.1) is 11.7 Å². The summed E-state index contributed by atoms with van der Waals surface area (Å²) in [6.45, 7) is 7.32. The highest BCUT2D eigenvalue weighted by Gasteiger charge is 2.34. The monoisotopic (exact) mass is 578 g/mol. The molecule has 0 aliphatic carbocycles. The molecule has 42 heavy (non-hydrogen) atoms. The SMILES string of the molecule is C[C@@H]1NC(=O)[C@H](CCN=[N+]=[N-])NC(O)C(C)(C)/C=C/c2cc3cc(ccc3cn2)[C@@H](C)OC(=O)[C@@H]2CCCN(N2)C1=O. The molecule has 4 rings (SSSR count). The first-order chi connectivity index (χ1) is 20.0. The van der Waals surface area contributed by atoms with Crippen LogP contribution in [0.1, 0.15) is 64.3 Å². The summed E-state index contributed by atoms with van der Waals surface area (Å²) >= 11 is 0. The zero-order valence-corrected chi connectivity index (χ0v) is 24.3. The van der Waals surface area contributed by atoms with Crippen LogP contribution in [0.5, 0.6) is 0 Å². The van der Waals surface area contributed by atoms with Crippen molar-refractivity contribution in [2.75, 3.05) is 13.1 Å². The molecule has 0 radical (unpaired) electrons. The predicted molar refractivity (Wildman–Crippen MR) is 156 cm³/mol. The number of benzene rings is 1. The Bertz CT molecular complexity index is 1410. The van der Waals surface area contributed by atoms with Crippen LogP contribution >= 0.6 is 0 Å². The third-order valence-electron chi connectivity index (χ3n) is 7.64. The number of nitrogens with zero attached hydrogens (tertiary/aromatic N) is 5. The van der Waals surface area contributed by atoms with E-state index in [0.29, 0.717) is 25.1 Å². The minimum Gasteiger partial charge on any atom is -0.457 e. The van der Waals surface area contributed by atoms with Crippen LogP contribution in [0.25, 0.3) is 27.3 Å². The smallest absolute Gasteiger partial charge is 0.325 e. The van der Waals surface area contributed by atoms with Crippen LogP contribution in [-0.2, 0) is 19.1 Å². The van der Waals surface area contributed by atoms with Crippen LogP contribution < -0.4 is 16.1 Å². The summed E-state index contributed by atoms with van der Waals surface area (Å²) in [7, 11) is 0. The highest BCUT2D eigenvalue weighted by atomic mass is 16.5. The van der Waals surface area contributed by atoms with Crippen LogP contribution in [0.15, 0.2) is 41.7 Å². The number of rotatable bonds is 3. The molecule has 1 aromatic carbocycles. The van der Waals surface area contributed by atoms with Gasteiger partial charge in [-0.2, -0.15) is 0 Å². The first-order valence-corrected chi connectivity index (χ1v) is 14.1. The molecule has 5 bridgehead atoms. The zero-order chi connectivity index (χ0) is 30.4. The van der Waals surface area contributed by atoms with Gasteiger partial charge >= 0.3 is 5.97 Å². The molecule has 0 saturated carbocycles. The summed E-state index contributed by atoms with van der Waals surface area (Å²) in [5, 5.41) is 23.4. The number of hydrogen-bond donors (Lipinski definition) is 4. The van der Waals surface area contributed by atoms with Crippen molar-refractivity contribution in [3.8, 4) is 0 Å². The lowest BCUT2D eigenvalue weighted by Gasteiger charge is -2.35. The maximum atomic E-state index is 13.3. The number of carbonyl (C=O) groups is 3. The zero-order valence-electron chi connectivity index (χ0n) is 24.3. The van der Waals surface area contributed by atoms with Gasteiger partial charge in [0.25, 0.3) is 5.91 Å². The molecule has 2 aliphatic heterocycles. The summed E-state index contributed by atoms with van der Waals surface area (Å²) in [5.41, 5.74) is 12.3. The molecule has 2 aromatic rings. The van der Waals surface area contributed by atoms with E-state index in [1.807, 2.05) is 24.3 Å². The maximum Gasteiger partial charge on any atom is 0.325 e. The minimum absolute atomic E-state index is 0.00575. The van der Waals surface area contributed by atoms with Crippen LogP contribution in [0.4, 0.5) is 0 Å². The Morgan fingerprint density at radius 1 is 1.21 bits per heavy atom. The number of cyclic esters (lactones) is 1. The molecule has 4 N–H and O–H groups in total. The van der Waals surface area contributed by atoms with Gasteiger partial charge in [0, 0.05) is 35.0 Å². The molecular weight excluding hydrogens is 540 g/mol. The fraction of sp³-hybridized carbons (Fsp3) is 0.517. The average molecular weight is 579 g/mol. The maximum absolute atomic E-state index is 13.3. The molecule has 224 valence electrons.